The van der Waals surface area contributed by atoms with Crippen LogP contribution in [0.15, 0.2) is 16.7 Å². The van der Waals surface area contributed by atoms with E-state index in [0.717, 1.165) is 29.8 Å². The molecule has 0 aliphatic carbocycles. The number of halogens is 3. The molecule has 1 aliphatic rings. The van der Waals surface area contributed by atoms with Crippen LogP contribution in [0.5, 0.6) is 0 Å². The van der Waals surface area contributed by atoms with Crippen molar-refractivity contribution in [3.05, 3.63) is 21.8 Å². The van der Waals surface area contributed by atoms with Crippen LogP contribution in [-0.2, 0) is 0 Å². The van der Waals surface area contributed by atoms with Crippen LogP contribution >= 0.6 is 39.1 Å². The van der Waals surface area contributed by atoms with Gasteiger partial charge in [-0.3, -0.25) is 0 Å². The molecular weight excluding hydrogens is 311 g/mol. The first-order valence-corrected chi connectivity index (χ1v) is 7.03. The molecule has 0 amide bonds. The van der Waals surface area contributed by atoms with Crippen LogP contribution in [0, 0.1) is 5.92 Å². The van der Waals surface area contributed by atoms with E-state index < -0.39 is 0 Å². The number of alkyl halides is 1. The lowest BCUT2D eigenvalue weighted by Crippen LogP contribution is -2.36. The minimum atomic E-state index is 0.553. The summed E-state index contributed by atoms with van der Waals surface area (Å²) in [4.78, 5) is 6.60. The first-order chi connectivity index (χ1) is 7.70. The van der Waals surface area contributed by atoms with Crippen LogP contribution in [0.4, 0.5) is 5.82 Å². The van der Waals surface area contributed by atoms with E-state index in [0.29, 0.717) is 16.8 Å². The minimum Gasteiger partial charge on any atom is -0.355 e. The largest absolute Gasteiger partial charge is 0.355 e. The van der Waals surface area contributed by atoms with Gasteiger partial charge in [0, 0.05) is 29.6 Å². The number of nitrogens with zero attached hydrogens (tertiary/aromatic N) is 2. The molecule has 1 unspecified atom stereocenters. The Kier molecular flexibility index (Phi) is 4.34. The van der Waals surface area contributed by atoms with Crippen molar-refractivity contribution in [1.29, 1.82) is 0 Å². The Balaban J connectivity index is 2.16. The summed E-state index contributed by atoms with van der Waals surface area (Å²) in [5.74, 6) is 2.14. The van der Waals surface area contributed by atoms with E-state index in [9.17, 15) is 0 Å². The number of anilines is 1. The van der Waals surface area contributed by atoms with Gasteiger partial charge < -0.3 is 4.90 Å². The Hall–Kier alpha value is 0.01000. The van der Waals surface area contributed by atoms with Crippen LogP contribution in [0.1, 0.15) is 12.8 Å². The van der Waals surface area contributed by atoms with Gasteiger partial charge in [0.1, 0.15) is 5.82 Å². The van der Waals surface area contributed by atoms with E-state index in [1.54, 1.807) is 6.20 Å². The molecule has 1 fully saturated rings. The van der Waals surface area contributed by atoms with E-state index in [2.05, 4.69) is 25.8 Å². The SMILES string of the molecule is ClCC1CCCN(c2ncc(Br)cc2Cl)C1. The molecule has 1 atom stereocenters. The zero-order valence-electron chi connectivity index (χ0n) is 8.80. The number of pyridine rings is 1. The lowest BCUT2D eigenvalue weighted by Gasteiger charge is -2.33. The number of hydrogen-bond acceptors (Lipinski definition) is 2. The summed E-state index contributed by atoms with van der Waals surface area (Å²) >= 11 is 15.5. The molecule has 1 aliphatic heterocycles. The second-order valence-corrected chi connectivity index (χ2v) is 5.70. The zero-order chi connectivity index (χ0) is 11.5. The van der Waals surface area contributed by atoms with Gasteiger partial charge >= 0.3 is 0 Å². The van der Waals surface area contributed by atoms with E-state index in [1.165, 1.54) is 6.42 Å². The lowest BCUT2D eigenvalue weighted by molar-refractivity contribution is 0.449. The Labute approximate surface area is 114 Å². The maximum Gasteiger partial charge on any atom is 0.147 e. The predicted molar refractivity (Wildman–Crippen MR) is 72.6 cm³/mol. The third-order valence-corrected chi connectivity index (χ3v) is 3.97. The van der Waals surface area contributed by atoms with Gasteiger partial charge in [-0.15, -0.1) is 11.6 Å². The minimum absolute atomic E-state index is 0.553. The highest BCUT2D eigenvalue weighted by atomic mass is 79.9. The van der Waals surface area contributed by atoms with Gasteiger partial charge in [0.2, 0.25) is 0 Å². The zero-order valence-corrected chi connectivity index (χ0v) is 11.9. The molecule has 0 radical (unpaired) electrons. The fourth-order valence-corrected chi connectivity index (χ4v) is 3.02. The van der Waals surface area contributed by atoms with Crippen LogP contribution in [-0.4, -0.2) is 24.0 Å². The average molecular weight is 324 g/mol. The first kappa shape index (κ1) is 12.5. The van der Waals surface area contributed by atoms with Crippen molar-refractivity contribution in [3.63, 3.8) is 0 Å². The number of hydrogen-bond donors (Lipinski definition) is 0. The van der Waals surface area contributed by atoms with E-state index in [-0.39, 0.29) is 0 Å². The molecule has 2 rings (SSSR count). The molecule has 2 nitrogen and oxygen atoms in total. The summed E-state index contributed by atoms with van der Waals surface area (Å²) in [5.41, 5.74) is 0. The maximum absolute atomic E-state index is 6.19. The standard InChI is InChI=1S/C11H13BrCl2N2/c12-9-4-10(14)11(15-6-9)16-3-1-2-8(5-13)7-16/h4,6,8H,1-3,5,7H2. The van der Waals surface area contributed by atoms with Gasteiger partial charge in [0.25, 0.3) is 0 Å². The molecule has 0 bridgehead atoms. The smallest absolute Gasteiger partial charge is 0.147 e. The molecule has 16 heavy (non-hydrogen) atoms. The third kappa shape index (κ3) is 2.82. The number of rotatable bonds is 2. The quantitative estimate of drug-likeness (QED) is 0.766. The van der Waals surface area contributed by atoms with Crippen LogP contribution < -0.4 is 4.90 Å². The molecule has 1 aromatic rings. The summed E-state index contributed by atoms with van der Waals surface area (Å²) in [7, 11) is 0. The fraction of sp³-hybridized carbons (Fsp3) is 0.545. The Morgan fingerprint density at radius 2 is 2.38 bits per heavy atom. The second-order valence-electron chi connectivity index (χ2n) is 4.07. The van der Waals surface area contributed by atoms with E-state index >= 15 is 0 Å². The van der Waals surface area contributed by atoms with Gasteiger partial charge in [-0.05, 0) is 40.8 Å². The van der Waals surface area contributed by atoms with Crippen LogP contribution in [0.2, 0.25) is 5.02 Å². The van der Waals surface area contributed by atoms with Crippen molar-refractivity contribution in [2.45, 2.75) is 12.8 Å². The predicted octanol–water partition coefficient (Wildman–Crippen LogP) is 3.95. The van der Waals surface area contributed by atoms with Gasteiger partial charge in [0.05, 0.1) is 5.02 Å². The fourth-order valence-electron chi connectivity index (χ4n) is 2.02. The molecule has 88 valence electrons. The maximum atomic E-state index is 6.19. The molecule has 0 aromatic carbocycles. The first-order valence-electron chi connectivity index (χ1n) is 5.32. The van der Waals surface area contributed by atoms with Gasteiger partial charge in [0.15, 0.2) is 0 Å². The van der Waals surface area contributed by atoms with Crippen molar-refractivity contribution < 1.29 is 0 Å². The van der Waals surface area contributed by atoms with Gasteiger partial charge in [-0.25, -0.2) is 4.98 Å². The molecule has 0 saturated carbocycles. The second kappa shape index (κ2) is 5.56. The summed E-state index contributed by atoms with van der Waals surface area (Å²) in [6, 6.07) is 1.88. The molecule has 0 N–H and O–H groups in total. The topological polar surface area (TPSA) is 16.1 Å². The molecule has 2 heterocycles. The monoisotopic (exact) mass is 322 g/mol. The molecular formula is C11H13BrCl2N2. The molecule has 0 spiro atoms. The highest BCUT2D eigenvalue weighted by molar-refractivity contribution is 9.10. The van der Waals surface area contributed by atoms with E-state index in [1.807, 2.05) is 6.07 Å². The van der Waals surface area contributed by atoms with Crippen LogP contribution in [0.3, 0.4) is 0 Å². The number of aromatic nitrogens is 1. The normalized spacial score (nSPS) is 21.2. The van der Waals surface area contributed by atoms with E-state index in [4.69, 9.17) is 23.2 Å². The Bertz CT molecular complexity index is 373. The summed E-state index contributed by atoms with van der Waals surface area (Å²) in [5, 5.41) is 0.699. The highest BCUT2D eigenvalue weighted by Crippen LogP contribution is 2.29. The van der Waals surface area contributed by atoms with Crippen molar-refractivity contribution in [2.24, 2.45) is 5.92 Å². The Morgan fingerprint density at radius 1 is 1.56 bits per heavy atom. The van der Waals surface area contributed by atoms with Crippen LogP contribution in [0.25, 0.3) is 0 Å². The molecule has 1 aromatic heterocycles. The number of piperidine rings is 1. The molecule has 5 heteroatoms. The third-order valence-electron chi connectivity index (χ3n) is 2.83. The van der Waals surface area contributed by atoms with Crippen molar-refractivity contribution >= 4 is 44.9 Å². The summed E-state index contributed by atoms with van der Waals surface area (Å²) < 4.78 is 0.909. The van der Waals surface area contributed by atoms with Gasteiger partial charge in [-0.1, -0.05) is 11.6 Å². The van der Waals surface area contributed by atoms with Crippen molar-refractivity contribution in [1.82, 2.24) is 4.98 Å². The van der Waals surface area contributed by atoms with Crippen molar-refractivity contribution in [3.8, 4) is 0 Å². The van der Waals surface area contributed by atoms with Crippen molar-refractivity contribution in [2.75, 3.05) is 23.9 Å². The molecule has 1 saturated heterocycles. The Morgan fingerprint density at radius 3 is 3.06 bits per heavy atom. The lowest BCUT2D eigenvalue weighted by atomic mass is 10.0. The average Bonchev–Trinajstić information content (AvgIpc) is 2.29. The van der Waals surface area contributed by atoms with Gasteiger partial charge in [-0.2, -0.15) is 0 Å². The summed E-state index contributed by atoms with van der Waals surface area (Å²) in [6.45, 7) is 1.97. The summed E-state index contributed by atoms with van der Waals surface area (Å²) in [6.07, 6.45) is 4.14. The highest BCUT2D eigenvalue weighted by Gasteiger charge is 2.21.